The average molecular weight is 156 g/mol. The first-order valence-electron chi connectivity index (χ1n) is 2.83. The highest BCUT2D eigenvalue weighted by atomic mass is 16.7. The standard InChI is InChI=1S/C4H4N4O3/c9-4-5-1-8(11-4)3-6-2-10-7-3/h1-3,7H. The van der Waals surface area contributed by atoms with Crippen molar-refractivity contribution in [2.75, 3.05) is 0 Å². The van der Waals surface area contributed by atoms with Crippen LogP contribution in [0.25, 0.3) is 0 Å². The van der Waals surface area contributed by atoms with Crippen LogP contribution in [0.5, 0.6) is 0 Å². The van der Waals surface area contributed by atoms with Gasteiger partial charge in [-0.3, -0.25) is 0 Å². The van der Waals surface area contributed by atoms with Crippen molar-refractivity contribution in [3.8, 4) is 0 Å². The lowest BCUT2D eigenvalue weighted by Crippen LogP contribution is -2.18. The molecule has 7 nitrogen and oxygen atoms in total. The third kappa shape index (κ3) is 1.01. The summed E-state index contributed by atoms with van der Waals surface area (Å²) in [6, 6.07) is 0. The summed E-state index contributed by atoms with van der Waals surface area (Å²) in [5.41, 5.74) is 2.45. The van der Waals surface area contributed by atoms with Crippen LogP contribution in [-0.4, -0.2) is 16.1 Å². The van der Waals surface area contributed by atoms with Gasteiger partial charge >= 0.3 is 5.76 Å². The molecule has 0 saturated heterocycles. The minimum absolute atomic E-state index is 0.523. The van der Waals surface area contributed by atoms with Crippen molar-refractivity contribution in [3.63, 3.8) is 0 Å². The van der Waals surface area contributed by atoms with E-state index >= 15 is 0 Å². The molecule has 0 aromatic carbocycles. The fraction of sp³-hybridized carbons (Fsp3) is 0.250. The Morgan fingerprint density at radius 1 is 1.73 bits per heavy atom. The molecule has 58 valence electrons. The van der Waals surface area contributed by atoms with Gasteiger partial charge in [-0.05, 0) is 0 Å². The second-order valence-electron chi connectivity index (χ2n) is 1.83. The first kappa shape index (κ1) is 6.10. The summed E-state index contributed by atoms with van der Waals surface area (Å²) in [6.45, 7) is 0. The van der Waals surface area contributed by atoms with E-state index in [1.54, 1.807) is 0 Å². The van der Waals surface area contributed by atoms with Gasteiger partial charge in [0, 0.05) is 0 Å². The first-order chi connectivity index (χ1) is 5.36. The molecule has 0 radical (unpaired) electrons. The maximum atomic E-state index is 10.4. The minimum Gasteiger partial charge on any atom is -0.393 e. The molecule has 11 heavy (non-hydrogen) atoms. The maximum absolute atomic E-state index is 10.4. The Kier molecular flexibility index (Phi) is 1.22. The molecule has 0 amide bonds. The third-order valence-corrected chi connectivity index (χ3v) is 1.13. The summed E-state index contributed by atoms with van der Waals surface area (Å²) in [6.07, 6.45) is 1.92. The van der Waals surface area contributed by atoms with Gasteiger partial charge in [0.15, 0.2) is 6.40 Å². The van der Waals surface area contributed by atoms with E-state index in [1.165, 1.54) is 12.7 Å². The fourth-order valence-electron chi connectivity index (χ4n) is 0.682. The van der Waals surface area contributed by atoms with Crippen LogP contribution in [0.2, 0.25) is 0 Å². The van der Waals surface area contributed by atoms with E-state index in [1.807, 2.05) is 0 Å². The highest BCUT2D eigenvalue weighted by Crippen LogP contribution is 2.04. The molecular formula is C4H4N4O3. The Hall–Kier alpha value is -1.63. The molecule has 0 spiro atoms. The summed E-state index contributed by atoms with van der Waals surface area (Å²) in [5.74, 6) is -0.658. The highest BCUT2D eigenvalue weighted by molar-refractivity contribution is 5.47. The van der Waals surface area contributed by atoms with E-state index < -0.39 is 12.0 Å². The van der Waals surface area contributed by atoms with Gasteiger partial charge in [-0.1, -0.05) is 0 Å². The topological polar surface area (TPSA) is 81.7 Å². The second kappa shape index (κ2) is 2.20. The van der Waals surface area contributed by atoms with Gasteiger partial charge in [-0.2, -0.15) is 9.72 Å². The van der Waals surface area contributed by atoms with Crippen LogP contribution in [0.3, 0.4) is 0 Å². The normalized spacial score (nSPS) is 22.0. The van der Waals surface area contributed by atoms with Crippen LogP contribution in [0, 0.1) is 0 Å². The minimum atomic E-state index is -0.658. The van der Waals surface area contributed by atoms with E-state index in [4.69, 9.17) is 0 Å². The molecule has 1 aromatic heterocycles. The van der Waals surface area contributed by atoms with E-state index in [-0.39, 0.29) is 0 Å². The Balaban J connectivity index is 2.28. The summed E-state index contributed by atoms with van der Waals surface area (Å²) in [7, 11) is 0. The molecule has 1 unspecified atom stereocenters. The second-order valence-corrected chi connectivity index (χ2v) is 1.83. The molecule has 0 fully saturated rings. The highest BCUT2D eigenvalue weighted by Gasteiger charge is 2.14. The number of hydrogen-bond acceptors (Lipinski definition) is 6. The van der Waals surface area contributed by atoms with Gasteiger partial charge in [0.25, 0.3) is 0 Å². The summed E-state index contributed by atoms with van der Waals surface area (Å²) in [4.78, 5) is 22.1. The molecule has 2 rings (SSSR count). The number of hydrogen-bond donors (Lipinski definition) is 1. The number of aromatic nitrogens is 2. The van der Waals surface area contributed by atoms with Crippen molar-refractivity contribution in [2.24, 2.45) is 4.99 Å². The monoisotopic (exact) mass is 156 g/mol. The number of nitrogens with zero attached hydrogens (tertiary/aromatic N) is 3. The van der Waals surface area contributed by atoms with E-state index in [0.717, 1.165) is 4.74 Å². The van der Waals surface area contributed by atoms with Crippen LogP contribution in [0.15, 0.2) is 20.6 Å². The predicted molar refractivity (Wildman–Crippen MR) is 32.5 cm³/mol. The van der Waals surface area contributed by atoms with E-state index in [2.05, 4.69) is 24.8 Å². The molecule has 1 aromatic rings. The van der Waals surface area contributed by atoms with E-state index in [0.29, 0.717) is 0 Å². The molecule has 0 bridgehead atoms. The van der Waals surface area contributed by atoms with Crippen molar-refractivity contribution in [1.82, 2.24) is 15.2 Å². The lowest BCUT2D eigenvalue weighted by atomic mass is 10.9. The van der Waals surface area contributed by atoms with Crippen molar-refractivity contribution in [2.45, 2.75) is 6.29 Å². The molecular weight excluding hydrogens is 152 g/mol. The summed E-state index contributed by atoms with van der Waals surface area (Å²) < 4.78 is 5.71. The SMILES string of the molecule is O=c1ncn(C2N=CON2)o1. The Morgan fingerprint density at radius 2 is 2.64 bits per heavy atom. The van der Waals surface area contributed by atoms with Crippen LogP contribution in [-0.2, 0) is 4.84 Å². The first-order valence-corrected chi connectivity index (χ1v) is 2.83. The molecule has 7 heteroatoms. The van der Waals surface area contributed by atoms with Gasteiger partial charge < -0.3 is 9.36 Å². The molecule has 1 N–H and O–H groups in total. The molecule has 0 saturated carbocycles. The van der Waals surface area contributed by atoms with Crippen molar-refractivity contribution < 1.29 is 9.36 Å². The van der Waals surface area contributed by atoms with Gasteiger partial charge in [-0.25, -0.2) is 9.79 Å². The van der Waals surface area contributed by atoms with Crippen LogP contribution >= 0.6 is 0 Å². The summed E-state index contributed by atoms with van der Waals surface area (Å²) in [5, 5.41) is 0. The van der Waals surface area contributed by atoms with Gasteiger partial charge in [-0.15, -0.1) is 5.48 Å². The molecule has 2 heterocycles. The fourth-order valence-corrected chi connectivity index (χ4v) is 0.682. The Bertz CT molecular complexity index is 326. The molecule has 1 aliphatic rings. The number of hydroxylamine groups is 1. The number of nitrogens with one attached hydrogen (secondary N) is 1. The predicted octanol–water partition coefficient (Wildman–Crippen LogP) is -1.14. The Morgan fingerprint density at radius 3 is 3.18 bits per heavy atom. The van der Waals surface area contributed by atoms with Gasteiger partial charge in [0.1, 0.15) is 6.33 Å². The van der Waals surface area contributed by atoms with Crippen LogP contribution in [0.1, 0.15) is 6.29 Å². The maximum Gasteiger partial charge on any atom is 0.459 e. The Labute approximate surface area is 60.2 Å². The largest absolute Gasteiger partial charge is 0.459 e. The van der Waals surface area contributed by atoms with Crippen molar-refractivity contribution in [3.05, 3.63) is 16.9 Å². The third-order valence-electron chi connectivity index (χ3n) is 1.13. The van der Waals surface area contributed by atoms with Crippen LogP contribution < -0.4 is 11.2 Å². The van der Waals surface area contributed by atoms with E-state index in [9.17, 15) is 4.79 Å². The lowest BCUT2D eigenvalue weighted by molar-refractivity contribution is 0.0938. The zero-order chi connectivity index (χ0) is 7.68. The number of rotatable bonds is 1. The number of aliphatic imine (C=N–C) groups is 1. The zero-order valence-electron chi connectivity index (χ0n) is 5.30. The average Bonchev–Trinajstić information content (AvgIpc) is 2.55. The van der Waals surface area contributed by atoms with Crippen LogP contribution in [0.4, 0.5) is 0 Å². The molecule has 1 atom stereocenters. The van der Waals surface area contributed by atoms with Crippen molar-refractivity contribution in [1.29, 1.82) is 0 Å². The van der Waals surface area contributed by atoms with Gasteiger partial charge in [0.2, 0.25) is 6.29 Å². The summed E-state index contributed by atoms with van der Waals surface area (Å²) >= 11 is 0. The smallest absolute Gasteiger partial charge is 0.393 e. The van der Waals surface area contributed by atoms with Crippen molar-refractivity contribution >= 4 is 6.40 Å². The van der Waals surface area contributed by atoms with Gasteiger partial charge in [0.05, 0.1) is 0 Å². The molecule has 1 aliphatic heterocycles. The lowest BCUT2D eigenvalue weighted by Gasteiger charge is -2.02. The molecule has 0 aliphatic carbocycles. The quantitative estimate of drug-likeness (QED) is 0.555. The zero-order valence-corrected chi connectivity index (χ0v) is 5.30.